The number of carbonyl (C=O) groups excluding carboxylic acids is 3. The first-order valence-electron chi connectivity index (χ1n) is 15.9. The number of aliphatic hydroxyl groups excluding tert-OH is 1. The largest absolute Gasteiger partial charge is 0.494 e. The number of carbonyl (C=O) groups is 3. The number of rotatable bonds is 11. The molecule has 10 heteroatoms. The SMILES string of the molecule is CCOc1ccc(NC(=O)[C@@H]2[C@H]3C(=O)N([C@@H](CO)Cc4ccccc4)C(C(=O)Nc4c(C)cccc4Cl)C34CC[C@@]2(CC)O4)cc1. The first-order chi connectivity index (χ1) is 22.2. The van der Waals surface area contributed by atoms with E-state index in [0.717, 1.165) is 11.1 Å². The fourth-order valence-corrected chi connectivity index (χ4v) is 8.16. The van der Waals surface area contributed by atoms with E-state index in [9.17, 15) is 19.5 Å². The molecule has 1 spiro atoms. The van der Waals surface area contributed by atoms with Crippen molar-refractivity contribution in [1.29, 1.82) is 0 Å². The standard InChI is InChI=1S/C36H40ClN3O6/c1-4-35-18-19-36(46-35)29(28(35)32(42)38-24-14-16-26(17-15-24)45-5-2)34(44)40(25(21-41)20-23-11-7-6-8-12-23)31(36)33(43)39-30-22(3)10-9-13-27(30)37/h6-17,25,28-29,31,41H,4-5,18-21H2,1-3H3,(H,38,42)(H,39,43)/t25-,28+,29+,31?,35-,36?/m1/s1. The van der Waals surface area contributed by atoms with E-state index in [4.69, 9.17) is 21.1 Å². The van der Waals surface area contributed by atoms with Gasteiger partial charge in [-0.1, -0.05) is 61.0 Å². The lowest BCUT2D eigenvalue weighted by atomic mass is 9.65. The quantitative estimate of drug-likeness (QED) is 0.258. The molecule has 242 valence electrons. The molecule has 2 unspecified atom stereocenters. The topological polar surface area (TPSA) is 117 Å². The zero-order valence-electron chi connectivity index (χ0n) is 26.3. The van der Waals surface area contributed by atoms with Crippen LogP contribution in [0.3, 0.4) is 0 Å². The average molecular weight is 646 g/mol. The smallest absolute Gasteiger partial charge is 0.250 e. The zero-order chi connectivity index (χ0) is 32.6. The van der Waals surface area contributed by atoms with Gasteiger partial charge >= 0.3 is 0 Å². The first kappa shape index (κ1) is 32.0. The van der Waals surface area contributed by atoms with Gasteiger partial charge in [0.25, 0.3) is 0 Å². The van der Waals surface area contributed by atoms with Gasteiger partial charge in [0.15, 0.2) is 0 Å². The van der Waals surface area contributed by atoms with Crippen LogP contribution in [0.5, 0.6) is 5.75 Å². The lowest BCUT2D eigenvalue weighted by molar-refractivity contribution is -0.148. The van der Waals surface area contributed by atoms with E-state index < -0.39 is 41.0 Å². The van der Waals surface area contributed by atoms with Gasteiger partial charge in [-0.3, -0.25) is 14.4 Å². The Labute approximate surface area is 274 Å². The van der Waals surface area contributed by atoms with Crippen LogP contribution in [0.25, 0.3) is 0 Å². The molecule has 3 amide bonds. The number of aryl methyl sites for hydroxylation is 1. The predicted octanol–water partition coefficient (Wildman–Crippen LogP) is 5.38. The van der Waals surface area contributed by atoms with Crippen LogP contribution < -0.4 is 15.4 Å². The summed E-state index contributed by atoms with van der Waals surface area (Å²) in [6.45, 7) is 5.85. The van der Waals surface area contributed by atoms with E-state index in [2.05, 4.69) is 10.6 Å². The highest BCUT2D eigenvalue weighted by atomic mass is 35.5. The highest BCUT2D eigenvalue weighted by molar-refractivity contribution is 6.34. The number of hydrogen-bond donors (Lipinski definition) is 3. The lowest BCUT2D eigenvalue weighted by Gasteiger charge is -2.37. The number of anilines is 2. The first-order valence-corrected chi connectivity index (χ1v) is 16.3. The Balaban J connectivity index is 1.40. The molecule has 46 heavy (non-hydrogen) atoms. The molecule has 6 atom stereocenters. The van der Waals surface area contributed by atoms with E-state index in [1.165, 1.54) is 4.90 Å². The number of benzene rings is 3. The van der Waals surface area contributed by atoms with Gasteiger partial charge in [-0.2, -0.15) is 0 Å². The summed E-state index contributed by atoms with van der Waals surface area (Å²) in [4.78, 5) is 44.9. The molecule has 6 rings (SSSR count). The molecule has 2 bridgehead atoms. The Kier molecular flexibility index (Phi) is 8.85. The number of para-hydroxylation sites is 1. The van der Waals surface area contributed by atoms with Crippen molar-refractivity contribution < 1.29 is 29.0 Å². The highest BCUT2D eigenvalue weighted by Gasteiger charge is 2.79. The molecular weight excluding hydrogens is 606 g/mol. The normalized spacial score (nSPS) is 26.9. The van der Waals surface area contributed by atoms with Crippen LogP contribution in [0.15, 0.2) is 72.8 Å². The van der Waals surface area contributed by atoms with E-state index in [0.29, 0.717) is 54.4 Å². The van der Waals surface area contributed by atoms with Crippen molar-refractivity contribution in [1.82, 2.24) is 4.90 Å². The third-order valence-corrected chi connectivity index (χ3v) is 10.3. The highest BCUT2D eigenvalue weighted by Crippen LogP contribution is 2.64. The molecule has 3 saturated heterocycles. The Morgan fingerprint density at radius 3 is 2.41 bits per heavy atom. The summed E-state index contributed by atoms with van der Waals surface area (Å²) in [6, 6.07) is 20.1. The van der Waals surface area contributed by atoms with Crippen LogP contribution in [0, 0.1) is 18.8 Å². The number of hydrogen-bond acceptors (Lipinski definition) is 6. The number of aliphatic hydroxyl groups is 1. The van der Waals surface area contributed by atoms with Crippen molar-refractivity contribution in [3.05, 3.63) is 88.9 Å². The Hall–Kier alpha value is -3.92. The van der Waals surface area contributed by atoms with Crippen molar-refractivity contribution in [3.63, 3.8) is 0 Å². The molecule has 3 aromatic carbocycles. The number of likely N-dealkylation sites (tertiary alicyclic amines) is 1. The molecule has 0 radical (unpaired) electrons. The molecule has 0 aromatic heterocycles. The number of fused-ring (bicyclic) bond motifs is 1. The van der Waals surface area contributed by atoms with Crippen molar-refractivity contribution in [2.45, 2.75) is 69.7 Å². The van der Waals surface area contributed by atoms with Gasteiger partial charge < -0.3 is 30.1 Å². The Morgan fingerprint density at radius 2 is 1.76 bits per heavy atom. The number of ether oxygens (including phenoxy) is 2. The fourth-order valence-electron chi connectivity index (χ4n) is 7.89. The van der Waals surface area contributed by atoms with Gasteiger partial charge in [-0.05, 0) is 81.0 Å². The minimum Gasteiger partial charge on any atom is -0.494 e. The monoisotopic (exact) mass is 645 g/mol. The number of nitrogens with one attached hydrogen (secondary N) is 2. The van der Waals surface area contributed by atoms with Crippen molar-refractivity contribution in [3.8, 4) is 5.75 Å². The molecule has 3 aliphatic rings. The third kappa shape index (κ3) is 5.34. The molecule has 3 aliphatic heterocycles. The van der Waals surface area contributed by atoms with Gasteiger partial charge in [0.05, 0.1) is 47.4 Å². The summed E-state index contributed by atoms with van der Waals surface area (Å²) >= 11 is 6.52. The summed E-state index contributed by atoms with van der Waals surface area (Å²) in [5.41, 5.74) is 0.506. The van der Waals surface area contributed by atoms with Crippen LogP contribution in [0.1, 0.15) is 44.2 Å². The van der Waals surface area contributed by atoms with E-state index >= 15 is 0 Å². The Bertz CT molecular complexity index is 1600. The predicted molar refractivity (Wildman–Crippen MR) is 176 cm³/mol. The second-order valence-electron chi connectivity index (χ2n) is 12.5. The molecule has 0 aliphatic carbocycles. The second kappa shape index (κ2) is 12.7. The van der Waals surface area contributed by atoms with Gasteiger partial charge in [-0.25, -0.2) is 0 Å². The van der Waals surface area contributed by atoms with Crippen molar-refractivity contribution >= 4 is 40.7 Å². The van der Waals surface area contributed by atoms with Crippen molar-refractivity contribution in [2.75, 3.05) is 23.8 Å². The molecule has 3 aromatic rings. The zero-order valence-corrected chi connectivity index (χ0v) is 27.0. The number of amides is 3. The molecular formula is C36H40ClN3O6. The number of halogens is 1. The fraction of sp³-hybridized carbons (Fsp3) is 0.417. The van der Waals surface area contributed by atoms with Gasteiger partial charge in [-0.15, -0.1) is 0 Å². The molecule has 3 N–H and O–H groups in total. The van der Waals surface area contributed by atoms with Crippen LogP contribution in [0.4, 0.5) is 11.4 Å². The van der Waals surface area contributed by atoms with E-state index in [1.54, 1.807) is 36.4 Å². The molecule has 9 nitrogen and oxygen atoms in total. The average Bonchev–Trinajstić information content (AvgIpc) is 3.67. The maximum absolute atomic E-state index is 14.7. The van der Waals surface area contributed by atoms with Gasteiger partial charge in [0, 0.05) is 5.69 Å². The van der Waals surface area contributed by atoms with Crippen molar-refractivity contribution in [2.24, 2.45) is 11.8 Å². The van der Waals surface area contributed by atoms with Gasteiger partial charge in [0.2, 0.25) is 17.7 Å². The minimum atomic E-state index is -1.27. The van der Waals surface area contributed by atoms with E-state index in [-0.39, 0.29) is 18.4 Å². The molecule has 3 fully saturated rings. The summed E-state index contributed by atoms with van der Waals surface area (Å²) in [6.07, 6.45) is 1.75. The molecule has 0 saturated carbocycles. The number of nitrogens with zero attached hydrogens (tertiary/aromatic N) is 1. The van der Waals surface area contributed by atoms with Crippen LogP contribution in [-0.4, -0.2) is 64.2 Å². The maximum Gasteiger partial charge on any atom is 0.250 e. The second-order valence-corrected chi connectivity index (χ2v) is 12.9. The summed E-state index contributed by atoms with van der Waals surface area (Å²) in [5, 5.41) is 17.1. The third-order valence-electron chi connectivity index (χ3n) is 9.97. The van der Waals surface area contributed by atoms with Crippen LogP contribution in [-0.2, 0) is 25.5 Å². The maximum atomic E-state index is 14.7. The Morgan fingerprint density at radius 1 is 1.02 bits per heavy atom. The summed E-state index contributed by atoms with van der Waals surface area (Å²) < 4.78 is 12.4. The lowest BCUT2D eigenvalue weighted by Crippen LogP contribution is -2.57. The van der Waals surface area contributed by atoms with E-state index in [1.807, 2.05) is 57.2 Å². The molecule has 3 heterocycles. The minimum absolute atomic E-state index is 0.322. The van der Waals surface area contributed by atoms with Crippen LogP contribution in [0.2, 0.25) is 5.02 Å². The summed E-state index contributed by atoms with van der Waals surface area (Å²) in [5.74, 6) is -2.24. The summed E-state index contributed by atoms with van der Waals surface area (Å²) in [7, 11) is 0. The van der Waals surface area contributed by atoms with Crippen LogP contribution >= 0.6 is 11.6 Å². The van der Waals surface area contributed by atoms with Gasteiger partial charge in [0.1, 0.15) is 17.4 Å².